The molecule has 0 fully saturated rings. The van der Waals surface area contributed by atoms with Gasteiger partial charge in [0.15, 0.2) is 11.4 Å². The van der Waals surface area contributed by atoms with E-state index in [0.717, 1.165) is 11.1 Å². The number of hydrogen-bond acceptors (Lipinski definition) is 9. The number of carbonyl (C=O) groups is 1. The number of alkyl carbamates (subject to hydrolysis) is 1. The van der Waals surface area contributed by atoms with Gasteiger partial charge in [0.1, 0.15) is 27.4 Å². The van der Waals surface area contributed by atoms with Gasteiger partial charge in [0.2, 0.25) is 0 Å². The molecule has 0 aliphatic rings. The highest BCUT2D eigenvalue weighted by molar-refractivity contribution is 7.92. The molecule has 0 radical (unpaired) electrons. The van der Waals surface area contributed by atoms with E-state index in [9.17, 15) is 13.2 Å². The second-order valence-corrected chi connectivity index (χ2v) is 11.1. The van der Waals surface area contributed by atoms with Crippen molar-refractivity contribution < 1.29 is 36.7 Å². The summed E-state index contributed by atoms with van der Waals surface area (Å²) < 4.78 is 56.0. The molecule has 3 rings (SSSR count). The maximum Gasteiger partial charge on any atom is 0.407 e. The Morgan fingerprint density at radius 3 is 2.45 bits per heavy atom. The van der Waals surface area contributed by atoms with Crippen molar-refractivity contribution in [3.8, 4) is 11.5 Å². The third-order valence-electron chi connectivity index (χ3n) is 5.38. The van der Waals surface area contributed by atoms with Crippen molar-refractivity contribution in [1.82, 2.24) is 10.5 Å². The highest BCUT2D eigenvalue weighted by Gasteiger charge is 2.25. The Kier molecular flexibility index (Phi) is 9.45. The first-order valence-electron chi connectivity index (χ1n) is 12.2. The van der Waals surface area contributed by atoms with Gasteiger partial charge in [-0.25, -0.2) is 13.2 Å². The van der Waals surface area contributed by atoms with Crippen LogP contribution >= 0.6 is 0 Å². The van der Waals surface area contributed by atoms with Crippen LogP contribution in [0.3, 0.4) is 0 Å². The summed E-state index contributed by atoms with van der Waals surface area (Å²) in [5.41, 5.74) is 1.38. The predicted molar refractivity (Wildman–Crippen MR) is 142 cm³/mol. The largest absolute Gasteiger partial charge is 0.496 e. The average Bonchev–Trinajstić information content (AvgIpc) is 3.25. The van der Waals surface area contributed by atoms with Gasteiger partial charge in [0.05, 0.1) is 20.8 Å². The molecule has 208 valence electrons. The monoisotopic (exact) mass is 549 g/mol. The van der Waals surface area contributed by atoms with Crippen molar-refractivity contribution in [3.63, 3.8) is 0 Å². The Morgan fingerprint density at radius 1 is 1.05 bits per heavy atom. The second-order valence-electron chi connectivity index (χ2n) is 9.48. The van der Waals surface area contributed by atoms with Crippen LogP contribution in [-0.4, -0.2) is 52.6 Å². The summed E-state index contributed by atoms with van der Waals surface area (Å²) in [7, 11) is -1.16. The lowest BCUT2D eigenvalue weighted by molar-refractivity contribution is 0.0518. The van der Waals surface area contributed by atoms with Crippen LogP contribution in [0.25, 0.3) is 11.0 Å². The van der Waals surface area contributed by atoms with Gasteiger partial charge in [-0.15, -0.1) is 0 Å². The van der Waals surface area contributed by atoms with E-state index < -0.39 is 21.7 Å². The van der Waals surface area contributed by atoms with Crippen molar-refractivity contribution in [3.05, 3.63) is 41.5 Å². The first-order valence-corrected chi connectivity index (χ1v) is 13.7. The summed E-state index contributed by atoms with van der Waals surface area (Å²) in [5, 5.41) is 7.00. The minimum atomic E-state index is -4.04. The fraction of sp³-hybridized carbons (Fsp3) is 0.462. The molecule has 0 aliphatic heterocycles. The molecular formula is C26H35N3O8S. The molecule has 38 heavy (non-hydrogen) atoms. The molecule has 0 saturated carbocycles. The zero-order valence-electron chi connectivity index (χ0n) is 22.5. The fourth-order valence-electron chi connectivity index (χ4n) is 3.61. The van der Waals surface area contributed by atoms with Gasteiger partial charge in [-0.1, -0.05) is 18.1 Å². The summed E-state index contributed by atoms with van der Waals surface area (Å²) in [6.07, 6.45) is 0.786. The van der Waals surface area contributed by atoms with E-state index in [1.165, 1.54) is 14.2 Å². The van der Waals surface area contributed by atoms with E-state index >= 15 is 0 Å². The molecule has 3 aromatic rings. The summed E-state index contributed by atoms with van der Waals surface area (Å²) in [4.78, 5) is 11.7. The molecule has 0 atom stereocenters. The smallest absolute Gasteiger partial charge is 0.407 e. The van der Waals surface area contributed by atoms with Gasteiger partial charge >= 0.3 is 6.09 Å². The van der Waals surface area contributed by atoms with Crippen LogP contribution in [0.5, 0.6) is 11.5 Å². The number of nitrogens with one attached hydrogen (secondary N) is 2. The number of ether oxygens (including phenoxy) is 4. The maximum atomic E-state index is 13.2. The first kappa shape index (κ1) is 29.1. The van der Waals surface area contributed by atoms with Crippen LogP contribution < -0.4 is 19.5 Å². The molecule has 0 bridgehead atoms. The van der Waals surface area contributed by atoms with Crippen LogP contribution in [-0.2, 0) is 32.5 Å². The van der Waals surface area contributed by atoms with Crippen molar-refractivity contribution in [2.45, 2.75) is 57.6 Å². The highest BCUT2D eigenvalue weighted by atomic mass is 32.2. The predicted octanol–water partition coefficient (Wildman–Crippen LogP) is 4.64. The van der Waals surface area contributed by atoms with Crippen molar-refractivity contribution >= 4 is 32.9 Å². The summed E-state index contributed by atoms with van der Waals surface area (Å²) in [6, 6.07) is 8.44. The molecule has 0 aliphatic carbocycles. The number of amides is 1. The Bertz CT molecular complexity index is 1360. The van der Waals surface area contributed by atoms with Gasteiger partial charge in [-0.05, 0) is 69.0 Å². The highest BCUT2D eigenvalue weighted by Crippen LogP contribution is 2.36. The number of carbonyl (C=O) groups excluding carboxylic acids is 1. The lowest BCUT2D eigenvalue weighted by atomic mass is 10.1. The van der Waals surface area contributed by atoms with Crippen molar-refractivity contribution in [2.24, 2.45) is 0 Å². The van der Waals surface area contributed by atoms with Crippen molar-refractivity contribution in [2.75, 3.05) is 32.1 Å². The van der Waals surface area contributed by atoms with Gasteiger partial charge in [0, 0.05) is 13.2 Å². The molecule has 2 N–H and O–H groups in total. The Balaban J connectivity index is 1.68. The summed E-state index contributed by atoms with van der Waals surface area (Å²) in [6.45, 7) is 8.40. The first-order chi connectivity index (χ1) is 18.0. The molecule has 0 saturated heterocycles. The van der Waals surface area contributed by atoms with Crippen LogP contribution in [0.1, 0.15) is 45.2 Å². The molecule has 12 heteroatoms. The van der Waals surface area contributed by atoms with E-state index in [4.69, 9.17) is 23.5 Å². The number of rotatable bonds is 12. The topological polar surface area (TPSA) is 138 Å². The number of aromatic nitrogens is 1. The minimum Gasteiger partial charge on any atom is -0.496 e. The van der Waals surface area contributed by atoms with Gasteiger partial charge in [0.25, 0.3) is 10.0 Å². The van der Waals surface area contributed by atoms with E-state index in [2.05, 4.69) is 15.2 Å². The quantitative estimate of drug-likeness (QED) is 0.309. The third kappa shape index (κ3) is 7.51. The SMILES string of the molecule is CCc1ccc(OC)c(S(=O)(=O)Nc2noc3cc(COCCCNC(=O)OC(C)(C)C)cc(OC)c23)c1. The number of nitrogens with zero attached hydrogens (tertiary/aromatic N) is 1. The normalized spacial score (nSPS) is 11.8. The number of sulfonamides is 1. The van der Waals surface area contributed by atoms with Crippen LogP contribution in [0.4, 0.5) is 10.6 Å². The van der Waals surface area contributed by atoms with Crippen LogP contribution in [0.2, 0.25) is 0 Å². The molecule has 0 unspecified atom stereocenters. The summed E-state index contributed by atoms with van der Waals surface area (Å²) in [5.74, 6) is 0.595. The number of fused-ring (bicyclic) bond motifs is 1. The Labute approximate surface area is 222 Å². The Hall–Kier alpha value is -3.51. The lowest BCUT2D eigenvalue weighted by Gasteiger charge is -2.19. The molecule has 1 heterocycles. The average molecular weight is 550 g/mol. The molecule has 2 aromatic carbocycles. The summed E-state index contributed by atoms with van der Waals surface area (Å²) >= 11 is 0. The molecule has 11 nitrogen and oxygen atoms in total. The van der Waals surface area contributed by atoms with E-state index in [0.29, 0.717) is 42.7 Å². The lowest BCUT2D eigenvalue weighted by Crippen LogP contribution is -2.33. The minimum absolute atomic E-state index is 0.000598. The molecular weight excluding hydrogens is 514 g/mol. The zero-order valence-corrected chi connectivity index (χ0v) is 23.4. The molecule has 0 spiro atoms. The van der Waals surface area contributed by atoms with Crippen LogP contribution in [0.15, 0.2) is 39.8 Å². The fourth-order valence-corrected chi connectivity index (χ4v) is 4.83. The number of methoxy groups -OCH3 is 2. The van der Waals surface area contributed by atoms with Crippen molar-refractivity contribution in [1.29, 1.82) is 0 Å². The van der Waals surface area contributed by atoms with Gasteiger partial charge < -0.3 is 28.8 Å². The van der Waals surface area contributed by atoms with E-state index in [-0.39, 0.29) is 23.1 Å². The van der Waals surface area contributed by atoms with E-state index in [1.807, 2.05) is 13.0 Å². The molecule has 1 aromatic heterocycles. The zero-order chi connectivity index (χ0) is 27.9. The third-order valence-corrected chi connectivity index (χ3v) is 6.74. The van der Waals surface area contributed by atoms with Gasteiger partial charge in [-0.3, -0.25) is 4.72 Å². The van der Waals surface area contributed by atoms with Crippen LogP contribution in [0, 0.1) is 0 Å². The number of anilines is 1. The molecule has 1 amide bonds. The number of hydrogen-bond donors (Lipinski definition) is 2. The second kappa shape index (κ2) is 12.4. The Morgan fingerprint density at radius 2 is 1.79 bits per heavy atom. The standard InChI is InChI=1S/C26H35N3O8S/c1-7-17-9-10-19(33-5)22(15-17)38(31,32)29-24-23-20(34-6)13-18(14-21(23)37-28-24)16-35-12-8-11-27-25(30)36-26(2,3)4/h9-10,13-15H,7-8,11-12,16H2,1-6H3,(H,27,30)(H,28,29). The van der Waals surface area contributed by atoms with Gasteiger partial charge in [-0.2, -0.15) is 0 Å². The number of aryl methyl sites for hydroxylation is 1. The number of benzene rings is 2. The maximum absolute atomic E-state index is 13.2. The van der Waals surface area contributed by atoms with E-state index in [1.54, 1.807) is 45.0 Å².